The molecule has 0 saturated heterocycles. The van der Waals surface area contributed by atoms with E-state index in [9.17, 15) is 4.79 Å². The molecule has 5 aromatic rings. The number of ether oxygens (including phenoxy) is 1. The van der Waals surface area contributed by atoms with Gasteiger partial charge >= 0.3 is 0 Å². The summed E-state index contributed by atoms with van der Waals surface area (Å²) in [7, 11) is 1.69. The van der Waals surface area contributed by atoms with Gasteiger partial charge in [0.1, 0.15) is 29.1 Å². The van der Waals surface area contributed by atoms with Crippen molar-refractivity contribution in [3.63, 3.8) is 0 Å². The van der Waals surface area contributed by atoms with Crippen molar-refractivity contribution in [3.8, 4) is 22.9 Å². The Balaban J connectivity index is 1.37. The molecule has 6 rings (SSSR count). The number of nitrogens with zero attached hydrogens (tertiary/aromatic N) is 5. The van der Waals surface area contributed by atoms with Crippen LogP contribution in [0.4, 0.5) is 5.82 Å². The predicted octanol–water partition coefficient (Wildman–Crippen LogP) is 4.73. The predicted molar refractivity (Wildman–Crippen MR) is 141 cm³/mol. The molecule has 186 valence electrons. The first-order valence-electron chi connectivity index (χ1n) is 12.5. The highest BCUT2D eigenvalue weighted by molar-refractivity contribution is 5.90. The first kappa shape index (κ1) is 22.9. The molecule has 3 aromatic heterocycles. The van der Waals surface area contributed by atoms with Crippen LogP contribution in [-0.2, 0) is 4.79 Å². The number of nitrogens with two attached hydrogens (primary N) is 1. The van der Waals surface area contributed by atoms with E-state index in [2.05, 4.69) is 15.4 Å². The second kappa shape index (κ2) is 9.50. The van der Waals surface area contributed by atoms with Crippen LogP contribution in [-0.4, -0.2) is 37.5 Å². The number of anilines is 1. The van der Waals surface area contributed by atoms with Gasteiger partial charge in [-0.3, -0.25) is 4.79 Å². The number of amides is 1. The van der Waals surface area contributed by atoms with Gasteiger partial charge < -0.3 is 15.8 Å². The van der Waals surface area contributed by atoms with E-state index in [1.807, 2.05) is 65.2 Å². The van der Waals surface area contributed by atoms with Crippen LogP contribution in [0.3, 0.4) is 0 Å². The van der Waals surface area contributed by atoms with Crippen molar-refractivity contribution in [3.05, 3.63) is 72.8 Å². The van der Waals surface area contributed by atoms with E-state index >= 15 is 0 Å². The topological polar surface area (TPSA) is 120 Å². The molecule has 1 amide bonds. The third kappa shape index (κ3) is 4.33. The van der Waals surface area contributed by atoms with Gasteiger partial charge in [0.25, 0.3) is 0 Å². The number of nitrogen functional groups attached to an aromatic ring is 1. The van der Waals surface area contributed by atoms with Gasteiger partial charge in [-0.15, -0.1) is 0 Å². The molecule has 1 aliphatic carbocycles. The van der Waals surface area contributed by atoms with Gasteiger partial charge in [-0.25, -0.2) is 19.5 Å². The van der Waals surface area contributed by atoms with Gasteiger partial charge in [-0.2, -0.15) is 5.10 Å². The molecule has 0 unspecified atom stereocenters. The zero-order valence-corrected chi connectivity index (χ0v) is 20.5. The lowest BCUT2D eigenvalue weighted by Crippen LogP contribution is -2.30. The lowest BCUT2D eigenvalue weighted by Gasteiger charge is -2.26. The molecular weight excluding hydrogens is 466 g/mol. The number of aromatic nitrogens is 5. The molecule has 0 aliphatic heterocycles. The lowest BCUT2D eigenvalue weighted by atomic mass is 9.81. The van der Waals surface area contributed by atoms with Gasteiger partial charge in [0, 0.05) is 35.9 Å². The molecule has 1 saturated carbocycles. The molecule has 37 heavy (non-hydrogen) atoms. The highest BCUT2D eigenvalue weighted by Crippen LogP contribution is 2.38. The number of carbonyl (C=O) groups is 1. The van der Waals surface area contributed by atoms with Crippen molar-refractivity contribution in [2.45, 2.75) is 31.6 Å². The Morgan fingerprint density at radius 3 is 2.59 bits per heavy atom. The molecule has 0 spiro atoms. The summed E-state index contributed by atoms with van der Waals surface area (Å²) in [6.45, 7) is 0. The fourth-order valence-corrected chi connectivity index (χ4v) is 5.17. The molecule has 1 aliphatic rings. The number of hydrogen-bond donors (Lipinski definition) is 2. The van der Waals surface area contributed by atoms with E-state index in [1.54, 1.807) is 7.05 Å². The summed E-state index contributed by atoms with van der Waals surface area (Å²) >= 11 is 0. The lowest BCUT2D eigenvalue weighted by molar-refractivity contribution is -0.125. The number of hydrogen-bond acceptors (Lipinski definition) is 7. The van der Waals surface area contributed by atoms with Crippen LogP contribution in [0.1, 0.15) is 37.4 Å². The molecule has 9 nitrogen and oxygen atoms in total. The van der Waals surface area contributed by atoms with E-state index in [0.717, 1.165) is 59.4 Å². The van der Waals surface area contributed by atoms with Crippen molar-refractivity contribution < 1.29 is 9.53 Å². The van der Waals surface area contributed by atoms with Crippen LogP contribution >= 0.6 is 0 Å². The Labute approximate surface area is 213 Å². The summed E-state index contributed by atoms with van der Waals surface area (Å²) in [5.74, 6) is 2.80. The van der Waals surface area contributed by atoms with Crippen LogP contribution in [0.25, 0.3) is 27.7 Å². The molecule has 2 aromatic carbocycles. The molecule has 3 N–H and O–H groups in total. The van der Waals surface area contributed by atoms with Crippen molar-refractivity contribution in [1.29, 1.82) is 0 Å². The van der Waals surface area contributed by atoms with Crippen LogP contribution in [0.15, 0.2) is 67.0 Å². The van der Waals surface area contributed by atoms with Gasteiger partial charge in [0.15, 0.2) is 5.82 Å². The standard InChI is InChI=1S/C28H27N7O2/c1-30-28(36)19-10-8-18(9-11-19)27-34-24(25-26(29)31-16-32-35(25)27)20-12-7-17-13-14-23(33-22(17)15-20)37-21-5-3-2-4-6-21/h2-7,12-16,18-19H,8-11H2,1H3,(H,30,36)(H2,29,31,32). The Morgan fingerprint density at radius 2 is 1.81 bits per heavy atom. The number of nitrogens with one attached hydrogen (secondary N) is 1. The number of benzene rings is 2. The number of rotatable bonds is 5. The SMILES string of the molecule is CNC(=O)C1CCC(c2nc(-c3ccc4ccc(Oc5ccccc5)nc4c3)c3c(N)ncnn23)CC1. The van der Waals surface area contributed by atoms with Crippen molar-refractivity contribution in [1.82, 2.24) is 29.9 Å². The van der Waals surface area contributed by atoms with Gasteiger partial charge in [-0.1, -0.05) is 30.3 Å². The first-order chi connectivity index (χ1) is 18.1. The average molecular weight is 494 g/mol. The molecule has 0 bridgehead atoms. The Hall–Kier alpha value is -4.53. The second-order valence-electron chi connectivity index (χ2n) is 9.36. The Kier molecular flexibility index (Phi) is 5.88. The fraction of sp³-hybridized carbons (Fsp3) is 0.250. The zero-order chi connectivity index (χ0) is 25.4. The zero-order valence-electron chi connectivity index (χ0n) is 20.5. The van der Waals surface area contributed by atoms with E-state index in [1.165, 1.54) is 6.33 Å². The molecule has 0 atom stereocenters. The molecule has 1 fully saturated rings. The molecule has 3 heterocycles. The maximum Gasteiger partial charge on any atom is 0.222 e. The summed E-state index contributed by atoms with van der Waals surface area (Å²) in [5, 5.41) is 8.27. The highest BCUT2D eigenvalue weighted by Gasteiger charge is 2.30. The van der Waals surface area contributed by atoms with Crippen molar-refractivity contribution in [2.75, 3.05) is 12.8 Å². The van der Waals surface area contributed by atoms with Crippen LogP contribution in [0, 0.1) is 5.92 Å². The molecular formula is C28H27N7O2. The quantitative estimate of drug-likeness (QED) is 0.363. The number of carbonyl (C=O) groups excluding carboxylic acids is 1. The van der Waals surface area contributed by atoms with E-state index in [-0.39, 0.29) is 17.7 Å². The average Bonchev–Trinajstić information content (AvgIpc) is 3.34. The number of para-hydroxylation sites is 1. The van der Waals surface area contributed by atoms with E-state index in [4.69, 9.17) is 20.4 Å². The Morgan fingerprint density at radius 1 is 1.03 bits per heavy atom. The second-order valence-corrected chi connectivity index (χ2v) is 9.36. The molecule has 0 radical (unpaired) electrons. The van der Waals surface area contributed by atoms with Gasteiger partial charge in [0.2, 0.25) is 11.8 Å². The van der Waals surface area contributed by atoms with Crippen molar-refractivity contribution >= 4 is 28.1 Å². The highest BCUT2D eigenvalue weighted by atomic mass is 16.5. The summed E-state index contributed by atoms with van der Waals surface area (Å²) in [6, 6.07) is 19.5. The molecule has 9 heteroatoms. The third-order valence-electron chi connectivity index (χ3n) is 7.10. The minimum absolute atomic E-state index is 0.0468. The summed E-state index contributed by atoms with van der Waals surface area (Å²) in [5.41, 5.74) is 9.41. The summed E-state index contributed by atoms with van der Waals surface area (Å²) < 4.78 is 7.75. The number of imidazole rings is 1. The number of fused-ring (bicyclic) bond motifs is 2. The fourth-order valence-electron chi connectivity index (χ4n) is 5.17. The van der Waals surface area contributed by atoms with Crippen LogP contribution in [0.2, 0.25) is 0 Å². The summed E-state index contributed by atoms with van der Waals surface area (Å²) in [4.78, 5) is 26.1. The minimum Gasteiger partial charge on any atom is -0.439 e. The minimum atomic E-state index is 0.0468. The smallest absolute Gasteiger partial charge is 0.222 e. The third-order valence-corrected chi connectivity index (χ3v) is 7.10. The van der Waals surface area contributed by atoms with Gasteiger partial charge in [0.05, 0.1) is 5.52 Å². The largest absolute Gasteiger partial charge is 0.439 e. The van der Waals surface area contributed by atoms with Crippen molar-refractivity contribution in [2.24, 2.45) is 5.92 Å². The van der Waals surface area contributed by atoms with Gasteiger partial charge in [-0.05, 0) is 49.9 Å². The summed E-state index contributed by atoms with van der Waals surface area (Å²) in [6.07, 6.45) is 4.82. The maximum absolute atomic E-state index is 12.1. The van der Waals surface area contributed by atoms with E-state index < -0.39 is 0 Å². The maximum atomic E-state index is 12.1. The van der Waals surface area contributed by atoms with E-state index in [0.29, 0.717) is 17.2 Å². The van der Waals surface area contributed by atoms with Crippen LogP contribution in [0.5, 0.6) is 11.6 Å². The van der Waals surface area contributed by atoms with Crippen LogP contribution < -0.4 is 15.8 Å². The normalized spacial score (nSPS) is 17.6. The number of pyridine rings is 1. The Bertz CT molecular complexity index is 1590. The first-order valence-corrected chi connectivity index (χ1v) is 12.5. The monoisotopic (exact) mass is 493 g/mol.